The molecule has 0 fully saturated rings. The maximum Gasteiger partial charge on any atom is 0.251 e. The third-order valence-electron chi connectivity index (χ3n) is 3.91. The molecular formula is C19H23NO4. The molecular weight excluding hydrogens is 306 g/mol. The lowest BCUT2D eigenvalue weighted by molar-refractivity contribution is 0.0802. The summed E-state index contributed by atoms with van der Waals surface area (Å²) in [5.41, 5.74) is 4.77. The summed E-state index contributed by atoms with van der Waals surface area (Å²) in [4.78, 5) is 12.0. The highest BCUT2D eigenvalue weighted by Crippen LogP contribution is 2.30. The second-order valence-corrected chi connectivity index (χ2v) is 5.76. The minimum atomic E-state index is -0.946. The van der Waals surface area contributed by atoms with Gasteiger partial charge in [0.1, 0.15) is 5.75 Å². The lowest BCUT2D eigenvalue weighted by Crippen LogP contribution is -2.33. The molecule has 128 valence electrons. The number of carbonyl (C=O) groups is 1. The monoisotopic (exact) mass is 329 g/mol. The van der Waals surface area contributed by atoms with E-state index in [-0.39, 0.29) is 19.1 Å². The lowest BCUT2D eigenvalue weighted by atomic mass is 9.97. The van der Waals surface area contributed by atoms with Gasteiger partial charge in [-0.05, 0) is 60.4 Å². The van der Waals surface area contributed by atoms with Crippen molar-refractivity contribution in [1.82, 2.24) is 5.32 Å². The third kappa shape index (κ3) is 4.13. The molecule has 0 aliphatic rings. The van der Waals surface area contributed by atoms with Crippen molar-refractivity contribution in [3.63, 3.8) is 0 Å². The van der Waals surface area contributed by atoms with Crippen LogP contribution in [0, 0.1) is 13.8 Å². The molecule has 2 aromatic carbocycles. The molecule has 2 aromatic rings. The van der Waals surface area contributed by atoms with Crippen LogP contribution in [0.2, 0.25) is 0 Å². The van der Waals surface area contributed by atoms with Crippen LogP contribution in [-0.2, 0) is 0 Å². The van der Waals surface area contributed by atoms with Crippen LogP contribution in [0.4, 0.5) is 0 Å². The van der Waals surface area contributed by atoms with E-state index in [2.05, 4.69) is 11.4 Å². The van der Waals surface area contributed by atoms with Gasteiger partial charge in [-0.25, -0.2) is 0 Å². The van der Waals surface area contributed by atoms with Crippen molar-refractivity contribution in [2.24, 2.45) is 0 Å². The number of methoxy groups -OCH3 is 1. The number of amides is 1. The number of hydrogen-bond acceptors (Lipinski definition) is 4. The molecule has 1 amide bonds. The van der Waals surface area contributed by atoms with Crippen molar-refractivity contribution < 1.29 is 19.7 Å². The molecule has 0 unspecified atom stereocenters. The Morgan fingerprint density at radius 2 is 1.83 bits per heavy atom. The zero-order valence-electron chi connectivity index (χ0n) is 14.2. The number of aliphatic hydroxyl groups is 2. The highest BCUT2D eigenvalue weighted by atomic mass is 16.5. The average molecular weight is 329 g/mol. The topological polar surface area (TPSA) is 78.8 Å². The molecule has 0 aliphatic carbocycles. The number of benzene rings is 2. The molecule has 1 atom stereocenters. The Morgan fingerprint density at radius 1 is 1.17 bits per heavy atom. The molecule has 24 heavy (non-hydrogen) atoms. The van der Waals surface area contributed by atoms with Gasteiger partial charge in [-0.2, -0.15) is 0 Å². The summed E-state index contributed by atoms with van der Waals surface area (Å²) in [7, 11) is 1.66. The van der Waals surface area contributed by atoms with Crippen molar-refractivity contribution in [3.8, 4) is 16.9 Å². The molecule has 5 heteroatoms. The maximum absolute atomic E-state index is 12.0. The van der Waals surface area contributed by atoms with Gasteiger partial charge in [0.2, 0.25) is 0 Å². The Bertz CT molecular complexity index is 710. The first-order valence-corrected chi connectivity index (χ1v) is 7.79. The number of aliphatic hydroxyl groups excluding tert-OH is 2. The Morgan fingerprint density at radius 3 is 2.42 bits per heavy atom. The van der Waals surface area contributed by atoms with Crippen LogP contribution in [0.5, 0.6) is 5.75 Å². The number of rotatable bonds is 6. The summed E-state index contributed by atoms with van der Waals surface area (Å²) < 4.78 is 5.33. The smallest absolute Gasteiger partial charge is 0.251 e. The minimum absolute atomic E-state index is 0.0217. The van der Waals surface area contributed by atoms with E-state index in [1.54, 1.807) is 19.2 Å². The number of hydrogen-bond donors (Lipinski definition) is 3. The molecule has 0 spiro atoms. The van der Waals surface area contributed by atoms with Crippen LogP contribution in [0.3, 0.4) is 0 Å². The summed E-state index contributed by atoms with van der Waals surface area (Å²) in [6, 6.07) is 11.4. The van der Waals surface area contributed by atoms with E-state index in [0.717, 1.165) is 28.0 Å². The van der Waals surface area contributed by atoms with Crippen LogP contribution in [0.15, 0.2) is 36.4 Å². The van der Waals surface area contributed by atoms with E-state index in [4.69, 9.17) is 9.84 Å². The van der Waals surface area contributed by atoms with Crippen molar-refractivity contribution in [2.45, 2.75) is 20.0 Å². The van der Waals surface area contributed by atoms with Crippen LogP contribution < -0.4 is 10.1 Å². The van der Waals surface area contributed by atoms with Gasteiger partial charge in [0, 0.05) is 12.1 Å². The fourth-order valence-electron chi connectivity index (χ4n) is 2.50. The number of carbonyl (C=O) groups excluding carboxylic acids is 1. The van der Waals surface area contributed by atoms with Gasteiger partial charge < -0.3 is 20.3 Å². The van der Waals surface area contributed by atoms with Crippen molar-refractivity contribution in [2.75, 3.05) is 20.3 Å². The van der Waals surface area contributed by atoms with Gasteiger partial charge in [0.15, 0.2) is 0 Å². The van der Waals surface area contributed by atoms with Gasteiger partial charge >= 0.3 is 0 Å². The van der Waals surface area contributed by atoms with E-state index in [1.807, 2.05) is 32.0 Å². The molecule has 0 saturated carbocycles. The fourth-order valence-corrected chi connectivity index (χ4v) is 2.50. The third-order valence-corrected chi connectivity index (χ3v) is 3.91. The highest BCUT2D eigenvalue weighted by Gasteiger charge is 2.10. The fraction of sp³-hybridized carbons (Fsp3) is 0.316. The second kappa shape index (κ2) is 7.95. The van der Waals surface area contributed by atoms with Gasteiger partial charge in [-0.1, -0.05) is 12.1 Å². The normalized spacial score (nSPS) is 11.9. The van der Waals surface area contributed by atoms with Gasteiger partial charge in [0.05, 0.1) is 19.8 Å². The summed E-state index contributed by atoms with van der Waals surface area (Å²) in [6.45, 7) is 3.66. The van der Waals surface area contributed by atoms with Crippen molar-refractivity contribution in [1.29, 1.82) is 0 Å². The van der Waals surface area contributed by atoms with Crippen LogP contribution >= 0.6 is 0 Å². The van der Waals surface area contributed by atoms with Crippen LogP contribution in [0.1, 0.15) is 21.5 Å². The summed E-state index contributed by atoms with van der Waals surface area (Å²) >= 11 is 0. The first-order chi connectivity index (χ1) is 11.5. The van der Waals surface area contributed by atoms with E-state index in [9.17, 15) is 9.90 Å². The van der Waals surface area contributed by atoms with Gasteiger partial charge in [-0.3, -0.25) is 4.79 Å². The van der Waals surface area contributed by atoms with Crippen molar-refractivity contribution >= 4 is 5.91 Å². The molecule has 5 nitrogen and oxygen atoms in total. The average Bonchev–Trinajstić information content (AvgIpc) is 2.61. The number of nitrogens with one attached hydrogen (secondary N) is 1. The molecule has 0 aromatic heterocycles. The predicted octanol–water partition coefficient (Wildman–Crippen LogP) is 2.06. The summed E-state index contributed by atoms with van der Waals surface area (Å²) in [5.74, 6) is 0.575. The van der Waals surface area contributed by atoms with E-state index in [0.29, 0.717) is 5.56 Å². The number of ether oxygens (including phenoxy) is 1. The highest BCUT2D eigenvalue weighted by molar-refractivity contribution is 5.94. The van der Waals surface area contributed by atoms with E-state index in [1.165, 1.54) is 0 Å². The Balaban J connectivity index is 2.18. The molecule has 3 N–H and O–H groups in total. The largest absolute Gasteiger partial charge is 0.496 e. The lowest BCUT2D eigenvalue weighted by Gasteiger charge is -2.12. The van der Waals surface area contributed by atoms with Gasteiger partial charge in [0.25, 0.3) is 5.91 Å². The summed E-state index contributed by atoms with van der Waals surface area (Å²) in [6.07, 6.45) is -0.946. The predicted molar refractivity (Wildman–Crippen MR) is 93.3 cm³/mol. The zero-order chi connectivity index (χ0) is 17.7. The quantitative estimate of drug-likeness (QED) is 0.758. The Labute approximate surface area is 141 Å². The first-order valence-electron chi connectivity index (χ1n) is 7.79. The Kier molecular flexibility index (Phi) is 5.95. The van der Waals surface area contributed by atoms with Gasteiger partial charge in [-0.15, -0.1) is 0 Å². The van der Waals surface area contributed by atoms with Crippen LogP contribution in [-0.4, -0.2) is 42.5 Å². The van der Waals surface area contributed by atoms with E-state index >= 15 is 0 Å². The minimum Gasteiger partial charge on any atom is -0.496 e. The first kappa shape index (κ1) is 18.0. The molecule has 0 radical (unpaired) electrons. The van der Waals surface area contributed by atoms with Crippen molar-refractivity contribution in [3.05, 3.63) is 53.1 Å². The standard InChI is InChI=1S/C19H23NO4/c1-12-9-18(24-3)13(2)8-17(12)14-4-6-15(7-5-14)19(23)20-10-16(22)11-21/h4-9,16,21-22H,10-11H2,1-3H3,(H,20,23)/t16-/m0/s1. The molecule has 0 aliphatic heterocycles. The summed E-state index contributed by atoms with van der Waals surface area (Å²) in [5, 5.41) is 20.6. The second-order valence-electron chi connectivity index (χ2n) is 5.76. The maximum atomic E-state index is 12.0. The molecule has 2 rings (SSSR count). The molecule has 0 saturated heterocycles. The molecule has 0 bridgehead atoms. The SMILES string of the molecule is COc1cc(C)c(-c2ccc(C(=O)NC[C@H](O)CO)cc2)cc1C. The zero-order valence-corrected chi connectivity index (χ0v) is 14.2. The van der Waals surface area contributed by atoms with Crippen LogP contribution in [0.25, 0.3) is 11.1 Å². The number of aryl methyl sites for hydroxylation is 2. The van der Waals surface area contributed by atoms with E-state index < -0.39 is 6.10 Å². The Hall–Kier alpha value is -2.37. The molecule has 0 heterocycles.